The van der Waals surface area contributed by atoms with E-state index in [1.807, 2.05) is 78.9 Å². The summed E-state index contributed by atoms with van der Waals surface area (Å²) in [4.78, 5) is 14.2. The molecule has 1 unspecified atom stereocenters. The maximum atomic E-state index is 13.2. The van der Waals surface area contributed by atoms with Crippen LogP contribution < -0.4 is 0 Å². The van der Waals surface area contributed by atoms with Crippen molar-refractivity contribution in [3.05, 3.63) is 112 Å². The molecule has 5 heteroatoms. The number of hydrogen-bond acceptors (Lipinski definition) is 5. The maximum Gasteiger partial charge on any atom is 0.349 e. The average molecular weight is 431 g/mol. The van der Waals surface area contributed by atoms with Gasteiger partial charge < -0.3 is 14.9 Å². The Kier molecular flexibility index (Phi) is 5.08. The van der Waals surface area contributed by atoms with Crippen LogP contribution in [0.4, 0.5) is 0 Å². The molecular formula is C26H22O4S. The highest BCUT2D eigenvalue weighted by atomic mass is 32.2. The molecule has 2 N–H and O–H groups in total. The van der Waals surface area contributed by atoms with E-state index < -0.39 is 11.6 Å². The van der Waals surface area contributed by atoms with Crippen LogP contribution in [-0.2, 0) is 28.0 Å². The van der Waals surface area contributed by atoms with Crippen LogP contribution in [0.5, 0.6) is 0 Å². The Balaban J connectivity index is 1.51. The van der Waals surface area contributed by atoms with Gasteiger partial charge in [-0.15, -0.1) is 0 Å². The first-order valence-corrected chi connectivity index (χ1v) is 11.1. The van der Waals surface area contributed by atoms with E-state index in [0.717, 1.165) is 27.1 Å². The lowest BCUT2D eigenvalue weighted by atomic mass is 9.81. The Morgan fingerprint density at radius 3 is 2.10 bits per heavy atom. The van der Waals surface area contributed by atoms with Gasteiger partial charge in [-0.25, -0.2) is 4.79 Å². The molecule has 156 valence electrons. The molecule has 2 aliphatic rings. The first-order chi connectivity index (χ1) is 15.0. The Bertz CT molecular complexity index is 1120. The van der Waals surface area contributed by atoms with Crippen LogP contribution in [0.1, 0.15) is 28.7 Å². The van der Waals surface area contributed by atoms with Crippen molar-refractivity contribution in [2.45, 2.75) is 35.9 Å². The summed E-state index contributed by atoms with van der Waals surface area (Å²) in [6.45, 7) is 0. The van der Waals surface area contributed by atoms with E-state index >= 15 is 0 Å². The fourth-order valence-electron chi connectivity index (χ4n) is 4.43. The number of carbonyl (C=O) groups excluding carboxylic acids is 1. The topological polar surface area (TPSA) is 66.8 Å². The Labute approximate surface area is 185 Å². The number of ether oxygens (including phenoxy) is 1. The molecule has 1 atom stereocenters. The lowest BCUT2D eigenvalue weighted by molar-refractivity contribution is -0.154. The number of esters is 1. The molecule has 0 saturated heterocycles. The van der Waals surface area contributed by atoms with E-state index in [9.17, 15) is 15.0 Å². The fraction of sp³-hybridized carbons (Fsp3) is 0.192. The molecule has 0 aromatic heterocycles. The number of cyclic esters (lactones) is 1. The summed E-state index contributed by atoms with van der Waals surface area (Å²) in [5, 5.41) is 20.9. The van der Waals surface area contributed by atoms with Gasteiger partial charge in [0.15, 0.2) is 5.60 Å². The summed E-state index contributed by atoms with van der Waals surface area (Å²) in [7, 11) is 0. The number of aliphatic hydroxyl groups excluding tert-OH is 2. The number of thioether (sulfide) groups is 1. The van der Waals surface area contributed by atoms with E-state index in [0.29, 0.717) is 12.8 Å². The Hall–Kier alpha value is -3.02. The summed E-state index contributed by atoms with van der Waals surface area (Å²) in [5.74, 6) is -0.517. The molecule has 31 heavy (non-hydrogen) atoms. The van der Waals surface area contributed by atoms with Crippen LogP contribution in [-0.4, -0.2) is 22.3 Å². The minimum atomic E-state index is -1.07. The summed E-state index contributed by atoms with van der Waals surface area (Å²) < 4.78 is 6.09. The van der Waals surface area contributed by atoms with Crippen LogP contribution in [0.25, 0.3) is 0 Å². The van der Waals surface area contributed by atoms with Gasteiger partial charge in [0.2, 0.25) is 0 Å². The van der Waals surface area contributed by atoms with Crippen LogP contribution in [0.2, 0.25) is 0 Å². The predicted octanol–water partition coefficient (Wildman–Crippen LogP) is 4.90. The third-order valence-corrected chi connectivity index (χ3v) is 7.02. The first-order valence-electron chi connectivity index (χ1n) is 10.3. The number of fused-ring (bicyclic) bond motifs is 1. The van der Waals surface area contributed by atoms with E-state index in [2.05, 4.69) is 0 Å². The van der Waals surface area contributed by atoms with Crippen molar-refractivity contribution in [1.82, 2.24) is 0 Å². The highest BCUT2D eigenvalue weighted by Crippen LogP contribution is 2.46. The second-order valence-corrected chi connectivity index (χ2v) is 9.08. The second-order valence-electron chi connectivity index (χ2n) is 8.00. The standard InChI is InChI=1S/C26H22O4S/c27-21-13-17-11-12-22(15-18(17)14-21)31-24-23(28)16-26(30-25(24)29,19-7-3-1-4-8-19)20-9-5-2-6-10-20/h1-12,15,21,27-28H,13-14,16H2. The highest BCUT2D eigenvalue weighted by molar-refractivity contribution is 8.04. The zero-order valence-electron chi connectivity index (χ0n) is 16.8. The van der Waals surface area contributed by atoms with Crippen LogP contribution >= 0.6 is 11.8 Å². The van der Waals surface area contributed by atoms with Crippen LogP contribution in [0.3, 0.4) is 0 Å². The molecule has 3 aromatic rings. The summed E-state index contributed by atoms with van der Waals surface area (Å²) >= 11 is 1.21. The molecular weight excluding hydrogens is 408 g/mol. The highest BCUT2D eigenvalue weighted by Gasteiger charge is 2.45. The number of hydrogen-bond donors (Lipinski definition) is 2. The lowest BCUT2D eigenvalue weighted by Crippen LogP contribution is -2.38. The smallest absolute Gasteiger partial charge is 0.349 e. The van der Waals surface area contributed by atoms with Crippen molar-refractivity contribution in [2.75, 3.05) is 0 Å². The van der Waals surface area contributed by atoms with Gasteiger partial charge in [0, 0.05) is 16.0 Å². The normalized spacial score (nSPS) is 19.8. The van der Waals surface area contributed by atoms with Gasteiger partial charge in [-0.2, -0.15) is 0 Å². The molecule has 0 amide bonds. The predicted molar refractivity (Wildman–Crippen MR) is 120 cm³/mol. The van der Waals surface area contributed by atoms with Crippen molar-refractivity contribution in [1.29, 1.82) is 0 Å². The molecule has 3 aromatic carbocycles. The van der Waals surface area contributed by atoms with E-state index in [-0.39, 0.29) is 23.2 Å². The number of carbonyl (C=O) groups is 1. The third-order valence-electron chi connectivity index (χ3n) is 5.92. The molecule has 1 aliphatic carbocycles. The van der Waals surface area contributed by atoms with Gasteiger partial charge in [-0.1, -0.05) is 78.5 Å². The quantitative estimate of drug-likeness (QED) is 0.577. The molecule has 0 fully saturated rings. The van der Waals surface area contributed by atoms with E-state index in [4.69, 9.17) is 4.74 Å². The SMILES string of the molecule is O=C1OC(c2ccccc2)(c2ccccc2)CC(O)=C1Sc1ccc2c(c1)CC(O)C2. The van der Waals surface area contributed by atoms with Gasteiger partial charge in [0.25, 0.3) is 0 Å². The minimum absolute atomic E-state index is 0.0227. The molecule has 1 aliphatic heterocycles. The van der Waals surface area contributed by atoms with Crippen LogP contribution in [0, 0.1) is 0 Å². The fourth-order valence-corrected chi connectivity index (χ4v) is 5.32. The van der Waals surface area contributed by atoms with Gasteiger partial charge in [-0.3, -0.25) is 0 Å². The Morgan fingerprint density at radius 2 is 1.48 bits per heavy atom. The van der Waals surface area contributed by atoms with Crippen molar-refractivity contribution >= 4 is 17.7 Å². The molecule has 5 rings (SSSR count). The summed E-state index contributed by atoms with van der Waals surface area (Å²) in [6, 6.07) is 25.0. The zero-order chi connectivity index (χ0) is 21.4. The molecule has 1 heterocycles. The zero-order valence-corrected chi connectivity index (χ0v) is 17.6. The third kappa shape index (κ3) is 3.64. The molecule has 4 nitrogen and oxygen atoms in total. The van der Waals surface area contributed by atoms with Gasteiger partial charge in [0.1, 0.15) is 10.7 Å². The summed E-state index contributed by atoms with van der Waals surface area (Å²) in [5.41, 5.74) is 2.78. The first kappa shape index (κ1) is 19.9. The van der Waals surface area contributed by atoms with Crippen molar-refractivity contribution in [2.24, 2.45) is 0 Å². The number of benzene rings is 3. The largest absolute Gasteiger partial charge is 0.511 e. The average Bonchev–Trinajstić information content (AvgIpc) is 3.16. The molecule has 0 saturated carbocycles. The minimum Gasteiger partial charge on any atom is -0.511 e. The van der Waals surface area contributed by atoms with Crippen molar-refractivity contribution < 1.29 is 19.7 Å². The molecule has 0 spiro atoms. The molecule has 0 bridgehead atoms. The summed E-state index contributed by atoms with van der Waals surface area (Å²) in [6.07, 6.45) is 1.09. The van der Waals surface area contributed by atoms with Crippen molar-refractivity contribution in [3.8, 4) is 0 Å². The van der Waals surface area contributed by atoms with E-state index in [1.54, 1.807) is 0 Å². The van der Waals surface area contributed by atoms with Gasteiger partial charge in [0.05, 0.1) is 12.5 Å². The second kappa shape index (κ2) is 7.91. The Morgan fingerprint density at radius 1 is 0.871 bits per heavy atom. The molecule has 0 radical (unpaired) electrons. The van der Waals surface area contributed by atoms with Crippen molar-refractivity contribution in [3.63, 3.8) is 0 Å². The number of rotatable bonds is 4. The monoisotopic (exact) mass is 430 g/mol. The van der Waals surface area contributed by atoms with Gasteiger partial charge in [-0.05, 0) is 36.1 Å². The lowest BCUT2D eigenvalue weighted by Gasteiger charge is -2.37. The van der Waals surface area contributed by atoms with E-state index in [1.165, 1.54) is 11.8 Å². The van der Waals surface area contributed by atoms with Crippen LogP contribution in [0.15, 0.2) is 94.4 Å². The van der Waals surface area contributed by atoms with Gasteiger partial charge >= 0.3 is 5.97 Å². The maximum absolute atomic E-state index is 13.2. The number of aliphatic hydroxyl groups is 2.